The van der Waals surface area contributed by atoms with E-state index in [0.29, 0.717) is 16.9 Å². The van der Waals surface area contributed by atoms with Gasteiger partial charge in [-0.15, -0.1) is 0 Å². The highest BCUT2D eigenvalue weighted by atomic mass is 16.2. The molecule has 0 aliphatic rings. The summed E-state index contributed by atoms with van der Waals surface area (Å²) in [4.78, 5) is 24.7. The van der Waals surface area contributed by atoms with Crippen LogP contribution in [0.2, 0.25) is 0 Å². The number of hydrogen-bond donors (Lipinski definition) is 2. The van der Waals surface area contributed by atoms with E-state index in [1.165, 1.54) is 0 Å². The molecule has 6 nitrogen and oxygen atoms in total. The SMILES string of the molecule is Cc1ccc(C(=O)Nc2cccc(NC(=O)[C@H](C)n3cccn3)c2)cc1. The molecular weight excluding hydrogens is 328 g/mol. The lowest BCUT2D eigenvalue weighted by Crippen LogP contribution is -2.24. The van der Waals surface area contributed by atoms with Crippen LogP contribution in [-0.2, 0) is 4.79 Å². The molecule has 2 N–H and O–H groups in total. The number of nitrogens with zero attached hydrogens (tertiary/aromatic N) is 2. The molecule has 3 aromatic rings. The van der Waals surface area contributed by atoms with Crippen LogP contribution in [0.15, 0.2) is 67.0 Å². The molecule has 0 unspecified atom stereocenters. The Hall–Kier alpha value is -3.41. The third-order valence-corrected chi connectivity index (χ3v) is 4.00. The van der Waals surface area contributed by atoms with Crippen LogP contribution in [0.5, 0.6) is 0 Å². The Morgan fingerprint density at radius 1 is 1.00 bits per heavy atom. The van der Waals surface area contributed by atoms with Crippen LogP contribution < -0.4 is 10.6 Å². The van der Waals surface area contributed by atoms with Crippen molar-refractivity contribution in [3.8, 4) is 0 Å². The molecule has 2 aromatic carbocycles. The van der Waals surface area contributed by atoms with Gasteiger partial charge in [0.05, 0.1) is 0 Å². The van der Waals surface area contributed by atoms with E-state index in [9.17, 15) is 9.59 Å². The molecule has 0 spiro atoms. The molecule has 3 rings (SSSR count). The monoisotopic (exact) mass is 348 g/mol. The summed E-state index contributed by atoms with van der Waals surface area (Å²) in [6.45, 7) is 3.74. The highest BCUT2D eigenvalue weighted by molar-refractivity contribution is 6.04. The first-order valence-corrected chi connectivity index (χ1v) is 8.31. The Labute approximate surface area is 151 Å². The van der Waals surface area contributed by atoms with E-state index in [2.05, 4.69) is 15.7 Å². The van der Waals surface area contributed by atoms with E-state index in [0.717, 1.165) is 5.56 Å². The van der Waals surface area contributed by atoms with Crippen molar-refractivity contribution in [2.75, 3.05) is 10.6 Å². The predicted molar refractivity (Wildman–Crippen MR) is 101 cm³/mol. The van der Waals surface area contributed by atoms with Gasteiger partial charge in [0.1, 0.15) is 6.04 Å². The molecule has 1 heterocycles. The number of hydrogen-bond acceptors (Lipinski definition) is 3. The number of nitrogens with one attached hydrogen (secondary N) is 2. The number of amides is 2. The number of carbonyl (C=O) groups is 2. The molecule has 1 atom stereocenters. The minimum absolute atomic E-state index is 0.185. The van der Waals surface area contributed by atoms with Crippen LogP contribution in [0.25, 0.3) is 0 Å². The summed E-state index contributed by atoms with van der Waals surface area (Å²) in [6, 6.07) is 15.7. The van der Waals surface area contributed by atoms with Crippen molar-refractivity contribution in [2.45, 2.75) is 19.9 Å². The average molecular weight is 348 g/mol. The topological polar surface area (TPSA) is 76.0 Å². The predicted octanol–water partition coefficient (Wildman–Crippen LogP) is 3.64. The molecule has 0 aliphatic carbocycles. The number of aromatic nitrogens is 2. The summed E-state index contributed by atoms with van der Waals surface area (Å²) < 4.78 is 1.58. The zero-order valence-electron chi connectivity index (χ0n) is 14.6. The fraction of sp³-hybridized carbons (Fsp3) is 0.150. The van der Waals surface area contributed by atoms with E-state index < -0.39 is 6.04 Å². The lowest BCUT2D eigenvalue weighted by atomic mass is 10.1. The molecule has 26 heavy (non-hydrogen) atoms. The van der Waals surface area contributed by atoms with E-state index >= 15 is 0 Å². The van der Waals surface area contributed by atoms with Gasteiger partial charge in [0.15, 0.2) is 0 Å². The van der Waals surface area contributed by atoms with Crippen LogP contribution in [0, 0.1) is 6.92 Å². The van der Waals surface area contributed by atoms with Gasteiger partial charge in [0, 0.05) is 29.3 Å². The summed E-state index contributed by atoms with van der Waals surface area (Å²) >= 11 is 0. The third kappa shape index (κ3) is 4.16. The van der Waals surface area contributed by atoms with Crippen molar-refractivity contribution < 1.29 is 9.59 Å². The first-order valence-electron chi connectivity index (χ1n) is 8.31. The van der Waals surface area contributed by atoms with Crippen molar-refractivity contribution in [1.82, 2.24) is 9.78 Å². The molecule has 0 saturated heterocycles. The first-order chi connectivity index (χ1) is 12.5. The van der Waals surface area contributed by atoms with Crippen LogP contribution in [0.4, 0.5) is 11.4 Å². The minimum Gasteiger partial charge on any atom is -0.324 e. The Kier molecular flexibility index (Phi) is 5.12. The molecule has 132 valence electrons. The van der Waals surface area contributed by atoms with Gasteiger partial charge < -0.3 is 10.6 Å². The summed E-state index contributed by atoms with van der Waals surface area (Å²) in [5.74, 6) is -0.380. The first kappa shape index (κ1) is 17.4. The fourth-order valence-corrected chi connectivity index (χ4v) is 2.46. The summed E-state index contributed by atoms with van der Waals surface area (Å²) in [6.07, 6.45) is 3.37. The Bertz CT molecular complexity index is 902. The van der Waals surface area contributed by atoms with Crippen molar-refractivity contribution in [2.24, 2.45) is 0 Å². The van der Waals surface area contributed by atoms with Crippen molar-refractivity contribution >= 4 is 23.2 Å². The van der Waals surface area contributed by atoms with Gasteiger partial charge in [-0.1, -0.05) is 23.8 Å². The van der Waals surface area contributed by atoms with Crippen LogP contribution in [-0.4, -0.2) is 21.6 Å². The Morgan fingerprint density at radius 3 is 2.35 bits per heavy atom. The molecule has 0 bridgehead atoms. The molecule has 1 aromatic heterocycles. The number of carbonyl (C=O) groups excluding carboxylic acids is 2. The standard InChI is InChI=1S/C20H20N4O2/c1-14-7-9-16(10-8-14)20(26)23-18-6-3-5-17(13-18)22-19(25)15(2)24-12-4-11-21-24/h3-13,15H,1-2H3,(H,22,25)(H,23,26)/t15-/m0/s1. The number of anilines is 2. The van der Waals surface area contributed by atoms with Gasteiger partial charge in [-0.2, -0.15) is 5.10 Å². The summed E-state index contributed by atoms with van der Waals surface area (Å²) in [7, 11) is 0. The summed E-state index contributed by atoms with van der Waals surface area (Å²) in [5.41, 5.74) is 2.89. The second kappa shape index (κ2) is 7.65. The minimum atomic E-state index is -0.434. The van der Waals surface area contributed by atoms with Crippen molar-refractivity contribution in [3.05, 3.63) is 78.1 Å². The van der Waals surface area contributed by atoms with Gasteiger partial charge >= 0.3 is 0 Å². The lowest BCUT2D eigenvalue weighted by molar-refractivity contribution is -0.119. The molecule has 2 amide bonds. The lowest BCUT2D eigenvalue weighted by Gasteiger charge is -2.13. The molecule has 0 radical (unpaired) electrons. The molecule has 0 aliphatic heterocycles. The van der Waals surface area contributed by atoms with Gasteiger partial charge in [-0.05, 0) is 50.2 Å². The number of aryl methyl sites for hydroxylation is 1. The van der Waals surface area contributed by atoms with Gasteiger partial charge in [0.25, 0.3) is 5.91 Å². The zero-order chi connectivity index (χ0) is 18.5. The van der Waals surface area contributed by atoms with Crippen molar-refractivity contribution in [1.29, 1.82) is 0 Å². The van der Waals surface area contributed by atoms with Crippen LogP contribution in [0.3, 0.4) is 0 Å². The van der Waals surface area contributed by atoms with E-state index in [1.54, 1.807) is 66.5 Å². The molecular formula is C20H20N4O2. The van der Waals surface area contributed by atoms with E-state index in [1.807, 2.05) is 19.1 Å². The van der Waals surface area contributed by atoms with Gasteiger partial charge in [-0.25, -0.2) is 0 Å². The average Bonchev–Trinajstić information content (AvgIpc) is 3.16. The maximum atomic E-state index is 12.3. The van der Waals surface area contributed by atoms with Gasteiger partial charge in [0.2, 0.25) is 5.91 Å². The third-order valence-electron chi connectivity index (χ3n) is 4.00. The fourth-order valence-electron chi connectivity index (χ4n) is 2.46. The maximum Gasteiger partial charge on any atom is 0.255 e. The highest BCUT2D eigenvalue weighted by Gasteiger charge is 2.15. The number of rotatable bonds is 5. The second-order valence-electron chi connectivity index (χ2n) is 6.05. The normalized spacial score (nSPS) is 11.6. The van der Waals surface area contributed by atoms with E-state index in [4.69, 9.17) is 0 Å². The van der Waals surface area contributed by atoms with Crippen molar-refractivity contribution in [3.63, 3.8) is 0 Å². The second-order valence-corrected chi connectivity index (χ2v) is 6.05. The largest absolute Gasteiger partial charge is 0.324 e. The smallest absolute Gasteiger partial charge is 0.255 e. The molecule has 6 heteroatoms. The summed E-state index contributed by atoms with van der Waals surface area (Å²) in [5, 5.41) is 9.75. The molecule has 0 saturated carbocycles. The van der Waals surface area contributed by atoms with Gasteiger partial charge in [-0.3, -0.25) is 14.3 Å². The molecule has 0 fully saturated rings. The van der Waals surface area contributed by atoms with Crippen LogP contribution >= 0.6 is 0 Å². The quantitative estimate of drug-likeness (QED) is 0.739. The van der Waals surface area contributed by atoms with Crippen LogP contribution in [0.1, 0.15) is 28.9 Å². The van der Waals surface area contributed by atoms with E-state index in [-0.39, 0.29) is 11.8 Å². The Balaban J connectivity index is 1.67. The zero-order valence-corrected chi connectivity index (χ0v) is 14.6. The number of benzene rings is 2. The maximum absolute atomic E-state index is 12.3. The Morgan fingerprint density at radius 2 is 1.69 bits per heavy atom. The highest BCUT2D eigenvalue weighted by Crippen LogP contribution is 2.18.